The molecule has 25 heavy (non-hydrogen) atoms. The molecule has 1 aromatic carbocycles. The van der Waals surface area contributed by atoms with Crippen molar-refractivity contribution in [2.75, 3.05) is 26.7 Å². The highest BCUT2D eigenvalue weighted by Crippen LogP contribution is 2.17. The first kappa shape index (κ1) is 17.9. The first-order chi connectivity index (χ1) is 12.3. The summed E-state index contributed by atoms with van der Waals surface area (Å²) in [5.41, 5.74) is 2.96. The van der Waals surface area contributed by atoms with Gasteiger partial charge in [0.15, 0.2) is 5.96 Å². The molecule has 1 aliphatic rings. The van der Waals surface area contributed by atoms with Crippen molar-refractivity contribution in [1.82, 2.24) is 20.5 Å². The van der Waals surface area contributed by atoms with Crippen molar-refractivity contribution in [2.45, 2.75) is 32.9 Å². The molecule has 0 saturated heterocycles. The molecule has 0 aliphatic carbocycles. The van der Waals surface area contributed by atoms with Crippen LogP contribution in [0.1, 0.15) is 27.9 Å². The maximum atomic E-state index is 4.43. The van der Waals surface area contributed by atoms with Gasteiger partial charge in [-0.25, -0.2) is 4.98 Å². The number of guanidine groups is 1. The van der Waals surface area contributed by atoms with Gasteiger partial charge in [0.2, 0.25) is 0 Å². The average Bonchev–Trinajstić information content (AvgIpc) is 3.12. The van der Waals surface area contributed by atoms with Crippen molar-refractivity contribution in [3.63, 3.8) is 0 Å². The van der Waals surface area contributed by atoms with E-state index in [9.17, 15) is 0 Å². The Labute approximate surface area is 154 Å². The molecule has 0 spiro atoms. The number of hydrogen-bond acceptors (Lipinski definition) is 4. The van der Waals surface area contributed by atoms with Crippen molar-refractivity contribution < 1.29 is 0 Å². The fourth-order valence-electron chi connectivity index (χ4n) is 3.05. The molecular formula is C19H27N5S. The largest absolute Gasteiger partial charge is 0.355 e. The number of benzene rings is 1. The van der Waals surface area contributed by atoms with Gasteiger partial charge >= 0.3 is 0 Å². The van der Waals surface area contributed by atoms with E-state index in [4.69, 9.17) is 0 Å². The predicted molar refractivity (Wildman–Crippen MR) is 105 cm³/mol. The summed E-state index contributed by atoms with van der Waals surface area (Å²) in [7, 11) is 1.81. The van der Waals surface area contributed by atoms with E-state index in [1.165, 1.54) is 16.0 Å². The summed E-state index contributed by atoms with van der Waals surface area (Å²) in [4.78, 5) is 12.6. The molecule has 0 atom stereocenters. The summed E-state index contributed by atoms with van der Waals surface area (Å²) in [5, 5.41) is 7.85. The third kappa shape index (κ3) is 5.03. The lowest BCUT2D eigenvalue weighted by Crippen LogP contribution is -2.42. The van der Waals surface area contributed by atoms with Crippen molar-refractivity contribution in [3.05, 3.63) is 51.5 Å². The van der Waals surface area contributed by atoms with Crippen LogP contribution in [0.15, 0.2) is 35.5 Å². The number of aryl methyl sites for hydroxylation is 1. The van der Waals surface area contributed by atoms with Gasteiger partial charge in [0, 0.05) is 44.3 Å². The molecule has 0 unspecified atom stereocenters. The molecule has 5 nitrogen and oxygen atoms in total. The molecule has 2 heterocycles. The zero-order chi connectivity index (χ0) is 17.5. The number of nitrogens with zero attached hydrogens (tertiary/aromatic N) is 3. The molecule has 134 valence electrons. The van der Waals surface area contributed by atoms with E-state index in [0.717, 1.165) is 56.5 Å². The van der Waals surface area contributed by atoms with Crippen LogP contribution >= 0.6 is 11.3 Å². The van der Waals surface area contributed by atoms with Gasteiger partial charge in [0.1, 0.15) is 5.01 Å². The maximum absolute atomic E-state index is 4.43. The zero-order valence-electron chi connectivity index (χ0n) is 15.1. The van der Waals surface area contributed by atoms with Crippen LogP contribution in [0.3, 0.4) is 0 Å². The van der Waals surface area contributed by atoms with E-state index in [1.807, 2.05) is 13.2 Å². The monoisotopic (exact) mass is 357 g/mol. The molecule has 2 aromatic rings. The van der Waals surface area contributed by atoms with Crippen molar-refractivity contribution >= 4 is 17.3 Å². The topological polar surface area (TPSA) is 52.6 Å². The molecule has 0 radical (unpaired) electrons. The number of rotatable bonds is 6. The lowest BCUT2D eigenvalue weighted by molar-refractivity contribution is 0.258. The van der Waals surface area contributed by atoms with Crippen LogP contribution in [0.5, 0.6) is 0 Å². The molecular weight excluding hydrogens is 330 g/mol. The summed E-state index contributed by atoms with van der Waals surface area (Å²) >= 11 is 1.76. The highest BCUT2D eigenvalue weighted by atomic mass is 32.1. The number of fused-ring (bicyclic) bond motifs is 1. The highest BCUT2D eigenvalue weighted by Gasteiger charge is 2.15. The van der Waals surface area contributed by atoms with Crippen LogP contribution in [0.4, 0.5) is 0 Å². The van der Waals surface area contributed by atoms with Crippen LogP contribution in [0.25, 0.3) is 0 Å². The van der Waals surface area contributed by atoms with Crippen molar-refractivity contribution in [2.24, 2.45) is 4.99 Å². The zero-order valence-corrected chi connectivity index (χ0v) is 15.9. The minimum absolute atomic E-state index is 0.724. The number of aromatic nitrogens is 1. The Kier molecular flexibility index (Phi) is 6.42. The molecule has 3 rings (SSSR count). The van der Waals surface area contributed by atoms with Crippen molar-refractivity contribution in [3.8, 4) is 0 Å². The van der Waals surface area contributed by atoms with Crippen LogP contribution in [0, 0.1) is 0 Å². The van der Waals surface area contributed by atoms with Gasteiger partial charge in [-0.15, -0.1) is 11.3 Å². The first-order valence-electron chi connectivity index (χ1n) is 8.95. The summed E-state index contributed by atoms with van der Waals surface area (Å²) in [5.74, 6) is 0.839. The second kappa shape index (κ2) is 8.97. The minimum Gasteiger partial charge on any atom is -0.355 e. The van der Waals surface area contributed by atoms with Crippen LogP contribution in [-0.2, 0) is 25.9 Å². The van der Waals surface area contributed by atoms with E-state index in [0.29, 0.717) is 0 Å². The standard InChI is InChI=1S/C19H27N5S/c1-3-17-12-22-18(25-17)13-23-19(20-2)21-9-11-24-10-8-15-6-4-5-7-16(15)14-24/h4-7,12H,3,8-11,13-14H2,1-2H3,(H2,20,21,23). The highest BCUT2D eigenvalue weighted by molar-refractivity contribution is 7.11. The second-order valence-electron chi connectivity index (χ2n) is 6.22. The van der Waals surface area contributed by atoms with Crippen molar-refractivity contribution in [1.29, 1.82) is 0 Å². The maximum Gasteiger partial charge on any atom is 0.191 e. The first-order valence-corrected chi connectivity index (χ1v) is 9.77. The van der Waals surface area contributed by atoms with Gasteiger partial charge in [-0.2, -0.15) is 0 Å². The third-order valence-corrected chi connectivity index (χ3v) is 5.65. The van der Waals surface area contributed by atoms with Crippen LogP contribution in [-0.4, -0.2) is 42.5 Å². The Bertz CT molecular complexity index is 709. The van der Waals surface area contributed by atoms with Gasteiger partial charge in [-0.3, -0.25) is 9.89 Å². The Morgan fingerprint density at radius 1 is 1.28 bits per heavy atom. The smallest absolute Gasteiger partial charge is 0.191 e. The number of nitrogens with one attached hydrogen (secondary N) is 2. The van der Waals surface area contributed by atoms with E-state index in [-0.39, 0.29) is 0 Å². The lowest BCUT2D eigenvalue weighted by atomic mass is 10.00. The summed E-state index contributed by atoms with van der Waals surface area (Å²) in [6.45, 7) is 6.96. The fraction of sp³-hybridized carbons (Fsp3) is 0.474. The molecule has 1 aromatic heterocycles. The molecule has 0 bridgehead atoms. The van der Waals surface area contributed by atoms with Gasteiger partial charge in [-0.1, -0.05) is 31.2 Å². The number of thiazole rings is 1. The Morgan fingerprint density at radius 2 is 2.12 bits per heavy atom. The number of hydrogen-bond donors (Lipinski definition) is 2. The van der Waals surface area contributed by atoms with Gasteiger partial charge in [-0.05, 0) is 24.0 Å². The second-order valence-corrected chi connectivity index (χ2v) is 7.42. The quantitative estimate of drug-likeness (QED) is 0.616. The van der Waals surface area contributed by atoms with Crippen LogP contribution < -0.4 is 10.6 Å². The molecule has 0 fully saturated rings. The van der Waals surface area contributed by atoms with E-state index >= 15 is 0 Å². The normalized spacial score (nSPS) is 15.0. The summed E-state index contributed by atoms with van der Waals surface area (Å²) < 4.78 is 0. The van der Waals surface area contributed by atoms with E-state index in [2.05, 4.69) is 56.7 Å². The minimum atomic E-state index is 0.724. The lowest BCUT2D eigenvalue weighted by Gasteiger charge is -2.28. The predicted octanol–water partition coefficient (Wildman–Crippen LogP) is 2.43. The average molecular weight is 358 g/mol. The molecule has 1 aliphatic heterocycles. The Morgan fingerprint density at radius 3 is 2.88 bits per heavy atom. The van der Waals surface area contributed by atoms with Gasteiger partial charge in [0.05, 0.1) is 6.54 Å². The Hall–Kier alpha value is -1.92. The Balaban J connectivity index is 1.40. The van der Waals surface area contributed by atoms with E-state index in [1.54, 1.807) is 11.3 Å². The SMILES string of the molecule is CCc1cnc(CNC(=NC)NCCN2CCc3ccccc3C2)s1. The summed E-state index contributed by atoms with van der Waals surface area (Å²) in [6.07, 6.45) is 4.16. The van der Waals surface area contributed by atoms with Crippen LogP contribution in [0.2, 0.25) is 0 Å². The molecule has 6 heteroatoms. The number of aliphatic imine (C=N–C) groups is 1. The van der Waals surface area contributed by atoms with Gasteiger partial charge in [0.25, 0.3) is 0 Å². The summed E-state index contributed by atoms with van der Waals surface area (Å²) in [6, 6.07) is 8.76. The van der Waals surface area contributed by atoms with E-state index < -0.39 is 0 Å². The molecule has 2 N–H and O–H groups in total. The molecule has 0 amide bonds. The fourth-order valence-corrected chi connectivity index (χ4v) is 3.85. The molecule has 0 saturated carbocycles. The van der Waals surface area contributed by atoms with Gasteiger partial charge < -0.3 is 10.6 Å². The third-order valence-electron chi connectivity index (χ3n) is 4.51.